The molecule has 2 atom stereocenters. The van der Waals surface area contributed by atoms with Crippen LogP contribution in [0.2, 0.25) is 0 Å². The minimum Gasteiger partial charge on any atom is -0.467 e. The molecule has 1 aliphatic carbocycles. The second kappa shape index (κ2) is 10.8. The number of fused-ring (bicyclic) bond motifs is 3. The highest BCUT2D eigenvalue weighted by molar-refractivity contribution is 5.95. The zero-order valence-corrected chi connectivity index (χ0v) is 23.7. The summed E-state index contributed by atoms with van der Waals surface area (Å²) in [6.45, 7) is 1.44. The maximum Gasteiger partial charge on any atom is 0.304 e. The quantitative estimate of drug-likeness (QED) is 0.218. The zero-order chi connectivity index (χ0) is 29.7. The molecular formula is C31H31F2N5O5. The lowest BCUT2D eigenvalue weighted by Crippen LogP contribution is -2.43. The number of nitrogens with one attached hydrogen (secondary N) is 1. The van der Waals surface area contributed by atoms with Gasteiger partial charge in [0.1, 0.15) is 30.1 Å². The second-order valence-electron chi connectivity index (χ2n) is 11.5. The van der Waals surface area contributed by atoms with E-state index in [2.05, 4.69) is 25.8 Å². The number of terminal acetylenes is 1. The van der Waals surface area contributed by atoms with E-state index >= 15 is 0 Å². The van der Waals surface area contributed by atoms with Crippen molar-refractivity contribution < 1.29 is 27.7 Å². The number of imidazole rings is 1. The van der Waals surface area contributed by atoms with Crippen molar-refractivity contribution >= 4 is 21.9 Å². The maximum atomic E-state index is 14.8. The van der Waals surface area contributed by atoms with Crippen molar-refractivity contribution in [3.05, 3.63) is 46.0 Å². The first-order chi connectivity index (χ1) is 20.9. The Bertz CT molecular complexity index is 1810. The number of nitrogens with zero attached hydrogens (tertiary/aromatic N) is 4. The maximum absolute atomic E-state index is 14.8. The van der Waals surface area contributed by atoms with Crippen molar-refractivity contribution in [2.75, 3.05) is 33.6 Å². The molecule has 7 rings (SSSR count). The summed E-state index contributed by atoms with van der Waals surface area (Å²) in [7, 11) is 1.50. The number of H-pyrrole nitrogens is 1. The van der Waals surface area contributed by atoms with Crippen molar-refractivity contribution in [2.24, 2.45) is 0 Å². The van der Waals surface area contributed by atoms with Gasteiger partial charge in [-0.05, 0) is 56.2 Å². The molecule has 0 unspecified atom stereocenters. The van der Waals surface area contributed by atoms with E-state index in [9.17, 15) is 13.6 Å². The van der Waals surface area contributed by atoms with Gasteiger partial charge in [0.2, 0.25) is 0 Å². The first kappa shape index (κ1) is 27.6. The molecule has 0 bridgehead atoms. The van der Waals surface area contributed by atoms with Crippen LogP contribution in [0.15, 0.2) is 29.1 Å². The van der Waals surface area contributed by atoms with Crippen LogP contribution in [0.5, 0.6) is 23.5 Å². The number of hydrogen-bond donors (Lipinski definition) is 1. The van der Waals surface area contributed by atoms with Crippen LogP contribution in [-0.2, 0) is 4.74 Å². The van der Waals surface area contributed by atoms with Crippen molar-refractivity contribution in [1.82, 2.24) is 24.4 Å². The number of alkyl halides is 1. The fourth-order valence-electron chi connectivity index (χ4n) is 6.65. The van der Waals surface area contributed by atoms with E-state index in [1.54, 1.807) is 22.8 Å². The highest BCUT2D eigenvalue weighted by atomic mass is 19.1. The smallest absolute Gasteiger partial charge is 0.304 e. The van der Waals surface area contributed by atoms with Crippen LogP contribution in [0.3, 0.4) is 0 Å². The molecule has 12 heteroatoms. The fourth-order valence-corrected chi connectivity index (χ4v) is 6.65. The number of ether oxygens (including phenoxy) is 4. The van der Waals surface area contributed by atoms with Crippen molar-refractivity contribution in [3.63, 3.8) is 0 Å². The SMILES string of the molecule is C#Cc1c(F)ccc2cc(OCOC)cc(Oc3nc4nc(OC[C@@]56CCCN5C[C@H](F)C6)[nH]c(=O)c4n3C3CCC3)c12. The van der Waals surface area contributed by atoms with Gasteiger partial charge in [-0.3, -0.25) is 19.2 Å². The number of halogens is 2. The van der Waals surface area contributed by atoms with Gasteiger partial charge < -0.3 is 18.9 Å². The third kappa shape index (κ3) is 4.77. The van der Waals surface area contributed by atoms with Crippen molar-refractivity contribution in [3.8, 4) is 35.9 Å². The van der Waals surface area contributed by atoms with Gasteiger partial charge in [-0.15, -0.1) is 6.42 Å². The number of aromatic amines is 1. The number of methoxy groups -OCH3 is 1. The first-order valence-corrected chi connectivity index (χ1v) is 14.5. The minimum atomic E-state index is -0.894. The molecule has 0 spiro atoms. The molecule has 43 heavy (non-hydrogen) atoms. The summed E-state index contributed by atoms with van der Waals surface area (Å²) in [5, 5.41) is 0.965. The number of rotatable bonds is 9. The second-order valence-corrected chi connectivity index (χ2v) is 11.5. The highest BCUT2D eigenvalue weighted by Gasteiger charge is 2.49. The lowest BCUT2D eigenvalue weighted by atomic mass is 9.93. The van der Waals surface area contributed by atoms with E-state index in [0.29, 0.717) is 29.5 Å². The Morgan fingerprint density at radius 1 is 1.21 bits per heavy atom. The average molecular weight is 592 g/mol. The van der Waals surface area contributed by atoms with Gasteiger partial charge in [-0.1, -0.05) is 12.0 Å². The summed E-state index contributed by atoms with van der Waals surface area (Å²) < 4.78 is 53.9. The lowest BCUT2D eigenvalue weighted by molar-refractivity contribution is 0.0511. The number of benzene rings is 2. The molecule has 2 saturated heterocycles. The van der Waals surface area contributed by atoms with Crippen LogP contribution in [0.1, 0.15) is 50.1 Å². The summed E-state index contributed by atoms with van der Waals surface area (Å²) in [5.41, 5.74) is -0.394. The van der Waals surface area contributed by atoms with Crippen LogP contribution in [0.4, 0.5) is 8.78 Å². The van der Waals surface area contributed by atoms with Crippen LogP contribution >= 0.6 is 0 Å². The van der Waals surface area contributed by atoms with Gasteiger partial charge in [-0.2, -0.15) is 9.97 Å². The molecule has 2 aromatic heterocycles. The minimum absolute atomic E-state index is 0.0121. The molecule has 4 aromatic rings. The Kier molecular flexibility index (Phi) is 6.94. The average Bonchev–Trinajstić information content (AvgIpc) is 3.60. The van der Waals surface area contributed by atoms with Crippen LogP contribution in [0, 0.1) is 18.2 Å². The fraction of sp³-hybridized carbons (Fsp3) is 0.452. The summed E-state index contributed by atoms with van der Waals surface area (Å²) in [5.74, 6) is 2.48. The molecule has 3 aliphatic rings. The molecule has 4 heterocycles. The van der Waals surface area contributed by atoms with Gasteiger partial charge in [0.05, 0.1) is 11.1 Å². The van der Waals surface area contributed by atoms with Crippen LogP contribution in [0.25, 0.3) is 21.9 Å². The van der Waals surface area contributed by atoms with E-state index in [1.807, 2.05) is 0 Å². The topological polar surface area (TPSA) is 104 Å². The van der Waals surface area contributed by atoms with E-state index in [1.165, 1.54) is 13.2 Å². The molecule has 224 valence electrons. The molecular weight excluding hydrogens is 560 g/mol. The van der Waals surface area contributed by atoms with E-state index in [-0.39, 0.29) is 53.9 Å². The standard InChI is InChI=1S/C31H31F2N5O5/c1-3-22-23(33)9-8-18-12-21(42-17-40-2)13-24(25(18)22)43-30-35-27-26(38(30)20-6-4-7-20)28(39)36-29(34-27)41-16-31-10-5-11-37(31)15-19(32)14-31/h1,8-9,12-13,19-20H,4-7,10-11,14-17H2,2H3,(H,34,36,39)/t19-,31+/m1/s1. The third-order valence-electron chi connectivity index (χ3n) is 8.87. The molecule has 0 amide bonds. The molecule has 2 aliphatic heterocycles. The summed E-state index contributed by atoms with van der Waals surface area (Å²) in [4.78, 5) is 27.5. The number of hydrogen-bond acceptors (Lipinski definition) is 8. The molecule has 1 saturated carbocycles. The molecule has 3 fully saturated rings. The van der Waals surface area contributed by atoms with Gasteiger partial charge in [0, 0.05) is 37.6 Å². The van der Waals surface area contributed by atoms with Gasteiger partial charge in [-0.25, -0.2) is 8.78 Å². The predicted octanol–water partition coefficient (Wildman–Crippen LogP) is 4.85. The first-order valence-electron chi connectivity index (χ1n) is 14.5. The Labute approximate surface area is 245 Å². The Morgan fingerprint density at radius 2 is 2.07 bits per heavy atom. The lowest BCUT2D eigenvalue weighted by Gasteiger charge is -2.30. The van der Waals surface area contributed by atoms with E-state index in [0.717, 1.165) is 38.6 Å². The zero-order valence-electron chi connectivity index (χ0n) is 23.7. The van der Waals surface area contributed by atoms with Gasteiger partial charge in [0.25, 0.3) is 11.6 Å². The Morgan fingerprint density at radius 3 is 2.84 bits per heavy atom. The Balaban J connectivity index is 1.29. The molecule has 0 radical (unpaired) electrons. The van der Waals surface area contributed by atoms with Crippen LogP contribution < -0.4 is 19.8 Å². The molecule has 2 aromatic carbocycles. The van der Waals surface area contributed by atoms with E-state index < -0.39 is 23.1 Å². The van der Waals surface area contributed by atoms with Gasteiger partial charge >= 0.3 is 6.01 Å². The predicted molar refractivity (Wildman–Crippen MR) is 154 cm³/mol. The van der Waals surface area contributed by atoms with Gasteiger partial charge in [0.15, 0.2) is 18.0 Å². The monoisotopic (exact) mass is 591 g/mol. The summed E-state index contributed by atoms with van der Waals surface area (Å²) >= 11 is 0. The summed E-state index contributed by atoms with van der Waals surface area (Å²) in [6, 6.07) is 6.27. The normalized spacial score (nSPS) is 22.0. The number of aromatic nitrogens is 4. The Hall–Kier alpha value is -4.21. The molecule has 1 N–H and O–H groups in total. The van der Waals surface area contributed by atoms with Crippen molar-refractivity contribution in [1.29, 1.82) is 0 Å². The van der Waals surface area contributed by atoms with E-state index in [4.69, 9.17) is 25.4 Å². The third-order valence-corrected chi connectivity index (χ3v) is 8.87. The van der Waals surface area contributed by atoms with Crippen LogP contribution in [-0.4, -0.2) is 69.7 Å². The van der Waals surface area contributed by atoms with Crippen molar-refractivity contribution in [2.45, 2.75) is 56.3 Å². The summed E-state index contributed by atoms with van der Waals surface area (Å²) in [6.07, 6.45) is 9.65. The molecule has 10 nitrogen and oxygen atoms in total. The largest absolute Gasteiger partial charge is 0.467 e. The highest BCUT2D eigenvalue weighted by Crippen LogP contribution is 2.42.